The van der Waals surface area contributed by atoms with Crippen molar-refractivity contribution < 1.29 is 9.59 Å². The summed E-state index contributed by atoms with van der Waals surface area (Å²) in [6.45, 7) is 5.68. The van der Waals surface area contributed by atoms with Crippen LogP contribution < -0.4 is 10.6 Å². The molecule has 1 atom stereocenters. The van der Waals surface area contributed by atoms with Crippen LogP contribution in [0, 0.1) is 0 Å². The fourth-order valence-electron chi connectivity index (χ4n) is 2.24. The van der Waals surface area contributed by atoms with E-state index in [0.29, 0.717) is 11.3 Å². The molecule has 0 unspecified atom stereocenters. The number of carbonyl (C=O) groups excluding carboxylic acids is 2. The van der Waals surface area contributed by atoms with Gasteiger partial charge < -0.3 is 10.6 Å². The Morgan fingerprint density at radius 3 is 2.28 bits per heavy atom. The van der Waals surface area contributed by atoms with E-state index in [2.05, 4.69) is 10.6 Å². The number of hydrogen-bond acceptors (Lipinski definition) is 3. The van der Waals surface area contributed by atoms with Gasteiger partial charge in [0.05, 0.1) is 16.5 Å². The first kappa shape index (κ1) is 19.1. The molecule has 0 aliphatic heterocycles. The maximum absolute atomic E-state index is 12.5. The minimum Gasteiger partial charge on any atom is -0.350 e. The Kier molecular flexibility index (Phi) is 7.07. The van der Waals surface area contributed by atoms with Crippen LogP contribution in [0.15, 0.2) is 54.6 Å². The molecule has 2 aromatic rings. The molecule has 2 amide bonds. The zero-order valence-electron chi connectivity index (χ0n) is 14.8. The van der Waals surface area contributed by atoms with Gasteiger partial charge in [-0.2, -0.15) is 0 Å². The van der Waals surface area contributed by atoms with Gasteiger partial charge in [-0.1, -0.05) is 42.5 Å². The van der Waals surface area contributed by atoms with Crippen molar-refractivity contribution in [1.29, 1.82) is 0 Å². The minimum atomic E-state index is -0.221. The molecule has 2 rings (SSSR count). The molecule has 5 heteroatoms. The van der Waals surface area contributed by atoms with Crippen molar-refractivity contribution in [3.8, 4) is 0 Å². The molecule has 0 spiro atoms. The lowest BCUT2D eigenvalue weighted by atomic mass is 10.1. The van der Waals surface area contributed by atoms with Gasteiger partial charge in [-0.25, -0.2) is 0 Å². The lowest BCUT2D eigenvalue weighted by molar-refractivity contribution is -0.115. The summed E-state index contributed by atoms with van der Waals surface area (Å²) in [7, 11) is 0. The standard InChI is InChI=1S/C20H24N2O2S/c1-14(2)21-20(24)17-11-7-8-12-18(17)22-19(23)15(3)25-13-16-9-5-4-6-10-16/h4-12,14-15H,13H2,1-3H3,(H,21,24)(H,22,23)/t15-/m1/s1. The molecule has 0 saturated heterocycles. The van der Waals surface area contributed by atoms with Crippen molar-refractivity contribution in [2.24, 2.45) is 0 Å². The van der Waals surface area contributed by atoms with E-state index in [0.717, 1.165) is 5.75 Å². The first-order valence-corrected chi connectivity index (χ1v) is 9.38. The van der Waals surface area contributed by atoms with Gasteiger partial charge in [0.15, 0.2) is 0 Å². The van der Waals surface area contributed by atoms with Crippen LogP contribution >= 0.6 is 11.8 Å². The van der Waals surface area contributed by atoms with Gasteiger partial charge in [0, 0.05) is 11.8 Å². The number of anilines is 1. The topological polar surface area (TPSA) is 58.2 Å². The third-order valence-electron chi connectivity index (χ3n) is 3.56. The molecule has 0 bridgehead atoms. The summed E-state index contributed by atoms with van der Waals surface area (Å²) in [5, 5.41) is 5.51. The zero-order chi connectivity index (χ0) is 18.2. The summed E-state index contributed by atoms with van der Waals surface area (Å²) >= 11 is 1.57. The highest BCUT2D eigenvalue weighted by atomic mass is 32.2. The molecule has 0 fully saturated rings. The minimum absolute atomic E-state index is 0.0385. The van der Waals surface area contributed by atoms with Crippen molar-refractivity contribution in [2.45, 2.75) is 37.8 Å². The van der Waals surface area contributed by atoms with Gasteiger partial charge in [-0.05, 0) is 38.5 Å². The first-order valence-electron chi connectivity index (χ1n) is 8.33. The molecule has 25 heavy (non-hydrogen) atoms. The zero-order valence-corrected chi connectivity index (χ0v) is 15.6. The summed E-state index contributed by atoms with van der Waals surface area (Å²) in [4.78, 5) is 24.7. The van der Waals surface area contributed by atoms with Crippen LogP contribution in [-0.4, -0.2) is 23.1 Å². The lowest BCUT2D eigenvalue weighted by Crippen LogP contribution is -2.31. The summed E-state index contributed by atoms with van der Waals surface area (Å²) in [5.41, 5.74) is 2.20. The number of amides is 2. The second-order valence-corrected chi connectivity index (χ2v) is 7.43. The number of rotatable bonds is 7. The SMILES string of the molecule is CC(C)NC(=O)c1ccccc1NC(=O)[C@@H](C)SCc1ccccc1. The van der Waals surface area contributed by atoms with Crippen molar-refractivity contribution >= 4 is 29.3 Å². The second-order valence-electron chi connectivity index (χ2n) is 6.10. The molecule has 2 aromatic carbocycles. The van der Waals surface area contributed by atoms with E-state index in [1.807, 2.05) is 57.2 Å². The number of thioether (sulfide) groups is 1. The van der Waals surface area contributed by atoms with Gasteiger partial charge in [-0.15, -0.1) is 11.8 Å². The van der Waals surface area contributed by atoms with Crippen molar-refractivity contribution in [3.05, 3.63) is 65.7 Å². The average Bonchev–Trinajstić information content (AvgIpc) is 2.60. The predicted octanol–water partition coefficient (Wildman–Crippen LogP) is 4.09. The second kappa shape index (κ2) is 9.28. The number of para-hydroxylation sites is 1. The van der Waals surface area contributed by atoms with Crippen LogP contribution in [0.3, 0.4) is 0 Å². The van der Waals surface area contributed by atoms with E-state index in [1.165, 1.54) is 5.56 Å². The van der Waals surface area contributed by atoms with E-state index in [9.17, 15) is 9.59 Å². The van der Waals surface area contributed by atoms with Gasteiger partial charge in [-0.3, -0.25) is 9.59 Å². The summed E-state index contributed by atoms with van der Waals surface area (Å²) in [6.07, 6.45) is 0. The van der Waals surface area contributed by atoms with Crippen LogP contribution in [-0.2, 0) is 10.5 Å². The lowest BCUT2D eigenvalue weighted by Gasteiger charge is -2.15. The summed E-state index contributed by atoms with van der Waals surface area (Å²) in [5.74, 6) is 0.478. The number of carbonyl (C=O) groups is 2. The highest BCUT2D eigenvalue weighted by molar-refractivity contribution is 7.99. The fraction of sp³-hybridized carbons (Fsp3) is 0.300. The normalized spacial score (nSPS) is 11.8. The Bertz CT molecular complexity index is 717. The molecule has 2 N–H and O–H groups in total. The fourth-order valence-corrected chi connectivity index (χ4v) is 3.08. The average molecular weight is 356 g/mol. The third-order valence-corrected chi connectivity index (χ3v) is 4.78. The monoisotopic (exact) mass is 356 g/mol. The maximum atomic E-state index is 12.5. The molecule has 0 aliphatic carbocycles. The van der Waals surface area contributed by atoms with Gasteiger partial charge in [0.2, 0.25) is 5.91 Å². The Balaban J connectivity index is 1.99. The number of nitrogens with one attached hydrogen (secondary N) is 2. The Labute approximate surface area is 153 Å². The maximum Gasteiger partial charge on any atom is 0.253 e. The third kappa shape index (κ3) is 5.94. The summed E-state index contributed by atoms with van der Waals surface area (Å²) < 4.78 is 0. The Hall–Kier alpha value is -2.27. The van der Waals surface area contributed by atoms with Crippen LogP contribution in [0.1, 0.15) is 36.7 Å². The summed E-state index contributed by atoms with van der Waals surface area (Å²) in [6, 6.07) is 17.2. The Morgan fingerprint density at radius 2 is 1.60 bits per heavy atom. The first-order chi connectivity index (χ1) is 12.0. The Morgan fingerprint density at radius 1 is 0.960 bits per heavy atom. The molecule has 4 nitrogen and oxygen atoms in total. The van der Waals surface area contributed by atoms with E-state index in [-0.39, 0.29) is 23.1 Å². The highest BCUT2D eigenvalue weighted by Crippen LogP contribution is 2.21. The van der Waals surface area contributed by atoms with Crippen LogP contribution in [0.25, 0.3) is 0 Å². The number of hydrogen-bond donors (Lipinski definition) is 2. The number of benzene rings is 2. The molecule has 0 heterocycles. The molecule has 0 saturated carbocycles. The van der Waals surface area contributed by atoms with Crippen molar-refractivity contribution in [3.63, 3.8) is 0 Å². The van der Waals surface area contributed by atoms with E-state index in [4.69, 9.17) is 0 Å². The van der Waals surface area contributed by atoms with Crippen LogP contribution in [0.4, 0.5) is 5.69 Å². The van der Waals surface area contributed by atoms with E-state index in [1.54, 1.807) is 30.0 Å². The molecule has 132 valence electrons. The predicted molar refractivity (Wildman–Crippen MR) is 105 cm³/mol. The molecule has 0 aromatic heterocycles. The molecular formula is C20H24N2O2S. The quantitative estimate of drug-likeness (QED) is 0.786. The van der Waals surface area contributed by atoms with Crippen molar-refractivity contribution in [2.75, 3.05) is 5.32 Å². The van der Waals surface area contributed by atoms with Crippen LogP contribution in [0.2, 0.25) is 0 Å². The molecular weight excluding hydrogens is 332 g/mol. The highest BCUT2D eigenvalue weighted by Gasteiger charge is 2.17. The molecule has 0 radical (unpaired) electrons. The van der Waals surface area contributed by atoms with Gasteiger partial charge in [0.25, 0.3) is 5.91 Å². The van der Waals surface area contributed by atoms with Crippen molar-refractivity contribution in [1.82, 2.24) is 5.32 Å². The smallest absolute Gasteiger partial charge is 0.253 e. The van der Waals surface area contributed by atoms with Gasteiger partial charge >= 0.3 is 0 Å². The van der Waals surface area contributed by atoms with Crippen LogP contribution in [0.5, 0.6) is 0 Å². The van der Waals surface area contributed by atoms with E-state index < -0.39 is 0 Å². The molecule has 0 aliphatic rings. The van der Waals surface area contributed by atoms with Gasteiger partial charge in [0.1, 0.15) is 0 Å². The largest absolute Gasteiger partial charge is 0.350 e. The van der Waals surface area contributed by atoms with E-state index >= 15 is 0 Å².